The van der Waals surface area contributed by atoms with Crippen molar-refractivity contribution in [1.29, 1.82) is 0 Å². The van der Waals surface area contributed by atoms with Gasteiger partial charge in [0.1, 0.15) is 18.0 Å². The Hall–Kier alpha value is -4.13. The van der Waals surface area contributed by atoms with Gasteiger partial charge in [-0.1, -0.05) is 30.3 Å². The van der Waals surface area contributed by atoms with Crippen LogP contribution in [0.25, 0.3) is 21.7 Å². The van der Waals surface area contributed by atoms with Crippen LogP contribution in [-0.4, -0.2) is 15.7 Å². The van der Waals surface area contributed by atoms with Crippen molar-refractivity contribution >= 4 is 27.7 Å². The summed E-state index contributed by atoms with van der Waals surface area (Å²) in [6, 6.07) is 17.8. The van der Waals surface area contributed by atoms with Crippen LogP contribution < -0.4 is 5.63 Å². The molecule has 5 rings (SSSR count). The molecule has 7 heteroatoms. The number of esters is 1. The molecule has 0 saturated heterocycles. The summed E-state index contributed by atoms with van der Waals surface area (Å²) >= 11 is 0. The van der Waals surface area contributed by atoms with E-state index in [1.807, 2.05) is 36.4 Å². The van der Waals surface area contributed by atoms with Crippen LogP contribution >= 0.6 is 0 Å². The van der Waals surface area contributed by atoms with Gasteiger partial charge in [-0.3, -0.25) is 4.68 Å². The van der Waals surface area contributed by atoms with Crippen molar-refractivity contribution in [2.75, 3.05) is 0 Å². The van der Waals surface area contributed by atoms with Crippen LogP contribution in [0.4, 0.5) is 0 Å². The zero-order valence-corrected chi connectivity index (χ0v) is 15.8. The number of benzene rings is 2. The average Bonchev–Trinajstić information content (AvgIpc) is 3.44. The highest BCUT2D eigenvalue weighted by molar-refractivity contribution is 6.07. The van der Waals surface area contributed by atoms with Crippen molar-refractivity contribution in [3.8, 4) is 0 Å². The molecule has 5 aromatic rings. The van der Waals surface area contributed by atoms with Crippen LogP contribution in [0.15, 0.2) is 86.7 Å². The Morgan fingerprint density at radius 3 is 2.80 bits per heavy atom. The van der Waals surface area contributed by atoms with E-state index in [-0.39, 0.29) is 12.4 Å². The molecule has 0 aliphatic rings. The number of hydrogen-bond donors (Lipinski definition) is 0. The van der Waals surface area contributed by atoms with Crippen LogP contribution in [-0.2, 0) is 17.9 Å². The summed E-state index contributed by atoms with van der Waals surface area (Å²) in [4.78, 5) is 24.5. The average molecular weight is 400 g/mol. The lowest BCUT2D eigenvalue weighted by atomic mass is 10.0. The summed E-state index contributed by atoms with van der Waals surface area (Å²) < 4.78 is 18.0. The molecule has 0 atom stereocenters. The highest BCUT2D eigenvalue weighted by Crippen LogP contribution is 2.28. The van der Waals surface area contributed by atoms with E-state index < -0.39 is 11.6 Å². The molecule has 0 bridgehead atoms. The van der Waals surface area contributed by atoms with E-state index in [4.69, 9.17) is 13.6 Å². The van der Waals surface area contributed by atoms with E-state index in [1.165, 1.54) is 6.07 Å². The van der Waals surface area contributed by atoms with Gasteiger partial charge in [-0.05, 0) is 35.0 Å². The first-order valence-electron chi connectivity index (χ1n) is 9.35. The minimum Gasteiger partial charge on any atom is -0.455 e. The number of furan rings is 1. The highest BCUT2D eigenvalue weighted by atomic mass is 16.5. The Morgan fingerprint density at radius 1 is 1.03 bits per heavy atom. The van der Waals surface area contributed by atoms with Crippen LogP contribution in [0.2, 0.25) is 0 Å². The van der Waals surface area contributed by atoms with Gasteiger partial charge in [-0.15, -0.1) is 0 Å². The van der Waals surface area contributed by atoms with Crippen LogP contribution in [0.3, 0.4) is 0 Å². The Labute approximate surface area is 170 Å². The van der Waals surface area contributed by atoms with Crippen molar-refractivity contribution in [2.45, 2.75) is 13.2 Å². The number of nitrogens with zero attached hydrogens (tertiary/aromatic N) is 2. The van der Waals surface area contributed by atoms with Crippen molar-refractivity contribution < 1.29 is 18.4 Å². The third-order valence-electron chi connectivity index (χ3n) is 4.81. The topological polar surface area (TPSA) is 87.5 Å². The maximum Gasteiger partial charge on any atom is 0.374 e. The zero-order valence-electron chi connectivity index (χ0n) is 15.8. The van der Waals surface area contributed by atoms with Crippen molar-refractivity contribution in [3.63, 3.8) is 0 Å². The SMILES string of the molecule is O=C(OCc1cc(=O)oc2ccc3ccccc3c12)c1ccc(Cn2cccn2)o1. The lowest BCUT2D eigenvalue weighted by Gasteiger charge is -2.09. The van der Waals surface area contributed by atoms with Gasteiger partial charge in [0, 0.05) is 29.4 Å². The Kier molecular flexibility index (Phi) is 4.40. The molecule has 3 heterocycles. The number of carbonyl (C=O) groups excluding carboxylic acids is 1. The van der Waals surface area contributed by atoms with Crippen molar-refractivity contribution in [1.82, 2.24) is 9.78 Å². The molecule has 2 aromatic carbocycles. The molecule has 0 N–H and O–H groups in total. The predicted molar refractivity (Wildman–Crippen MR) is 109 cm³/mol. The second-order valence-electron chi connectivity index (χ2n) is 6.80. The van der Waals surface area contributed by atoms with Gasteiger partial charge >= 0.3 is 11.6 Å². The molecule has 0 aliphatic heterocycles. The van der Waals surface area contributed by atoms with E-state index in [1.54, 1.807) is 35.3 Å². The normalized spacial score (nSPS) is 11.2. The molecule has 0 unspecified atom stereocenters. The molecule has 0 aliphatic carbocycles. The number of hydrogen-bond acceptors (Lipinski definition) is 6. The molecular formula is C23H16N2O5. The minimum atomic E-state index is -0.608. The number of fused-ring (bicyclic) bond motifs is 3. The van der Waals surface area contributed by atoms with Gasteiger partial charge < -0.3 is 13.6 Å². The monoisotopic (exact) mass is 400 g/mol. The molecule has 0 radical (unpaired) electrons. The molecule has 7 nitrogen and oxygen atoms in total. The van der Waals surface area contributed by atoms with E-state index >= 15 is 0 Å². The van der Waals surface area contributed by atoms with Gasteiger partial charge in [-0.2, -0.15) is 5.10 Å². The summed E-state index contributed by atoms with van der Waals surface area (Å²) in [7, 11) is 0. The molecule has 30 heavy (non-hydrogen) atoms. The van der Waals surface area contributed by atoms with Crippen molar-refractivity contribution in [2.24, 2.45) is 0 Å². The second kappa shape index (κ2) is 7.36. The molecule has 0 fully saturated rings. The third kappa shape index (κ3) is 3.37. The fourth-order valence-electron chi connectivity index (χ4n) is 3.47. The van der Waals surface area contributed by atoms with E-state index in [9.17, 15) is 9.59 Å². The Bertz CT molecular complexity index is 1410. The Morgan fingerprint density at radius 2 is 1.93 bits per heavy atom. The van der Waals surface area contributed by atoms with Crippen molar-refractivity contribution in [3.05, 3.63) is 101 Å². The minimum absolute atomic E-state index is 0.0792. The molecule has 0 amide bonds. The number of carbonyl (C=O) groups is 1. The standard InChI is InChI=1S/C23H16N2O5/c26-21-12-16(22-18-5-2-1-4-15(18)6-8-19(22)30-21)14-28-23(27)20-9-7-17(29-20)13-25-11-3-10-24-25/h1-12H,13-14H2. The molecule has 148 valence electrons. The molecule has 3 aromatic heterocycles. The maximum absolute atomic E-state index is 12.5. The molecule has 0 saturated carbocycles. The van der Waals surface area contributed by atoms with Gasteiger partial charge in [0.2, 0.25) is 5.76 Å². The lowest BCUT2D eigenvalue weighted by Crippen LogP contribution is -2.07. The number of ether oxygens (including phenoxy) is 1. The summed E-state index contributed by atoms with van der Waals surface area (Å²) in [5.74, 6) is 0.0695. The van der Waals surface area contributed by atoms with Crippen LogP contribution in [0.1, 0.15) is 21.9 Å². The van der Waals surface area contributed by atoms with Crippen LogP contribution in [0.5, 0.6) is 0 Å². The smallest absolute Gasteiger partial charge is 0.374 e. The quantitative estimate of drug-likeness (QED) is 0.250. The molecular weight excluding hydrogens is 384 g/mol. The Balaban J connectivity index is 1.41. The maximum atomic E-state index is 12.5. The second-order valence-corrected chi connectivity index (χ2v) is 6.80. The zero-order chi connectivity index (χ0) is 20.5. The third-order valence-corrected chi connectivity index (χ3v) is 4.81. The van der Waals surface area contributed by atoms with Gasteiger partial charge in [0.05, 0.1) is 6.54 Å². The van der Waals surface area contributed by atoms with Gasteiger partial charge in [0.25, 0.3) is 0 Å². The van der Waals surface area contributed by atoms with E-state index in [2.05, 4.69) is 5.10 Å². The number of rotatable bonds is 5. The first-order chi connectivity index (χ1) is 14.7. The summed E-state index contributed by atoms with van der Waals surface area (Å²) in [6.07, 6.45) is 3.47. The summed E-state index contributed by atoms with van der Waals surface area (Å²) in [5, 5.41) is 6.78. The molecule has 0 spiro atoms. The predicted octanol–water partition coefficient (Wildman–Crippen LogP) is 4.14. The summed E-state index contributed by atoms with van der Waals surface area (Å²) in [5.41, 5.74) is 0.532. The first kappa shape index (κ1) is 17.9. The largest absolute Gasteiger partial charge is 0.455 e. The number of aromatic nitrogens is 2. The summed E-state index contributed by atoms with van der Waals surface area (Å²) in [6.45, 7) is 0.334. The van der Waals surface area contributed by atoms with E-state index in [0.717, 1.165) is 16.2 Å². The van der Waals surface area contributed by atoms with E-state index in [0.29, 0.717) is 23.5 Å². The lowest BCUT2D eigenvalue weighted by molar-refractivity contribution is 0.0435. The van der Waals surface area contributed by atoms with Gasteiger partial charge in [0.15, 0.2) is 0 Å². The fourth-order valence-corrected chi connectivity index (χ4v) is 3.47. The van der Waals surface area contributed by atoms with Gasteiger partial charge in [-0.25, -0.2) is 9.59 Å². The fraction of sp³-hybridized carbons (Fsp3) is 0.0870. The van der Waals surface area contributed by atoms with Crippen LogP contribution in [0, 0.1) is 0 Å². The first-order valence-corrected chi connectivity index (χ1v) is 9.35. The highest BCUT2D eigenvalue weighted by Gasteiger charge is 2.16.